The molecule has 0 spiro atoms. The lowest BCUT2D eigenvalue weighted by Crippen LogP contribution is -2.25. The lowest BCUT2D eigenvalue weighted by Gasteiger charge is -2.14. The first-order valence-corrected chi connectivity index (χ1v) is 9.33. The third-order valence-electron chi connectivity index (χ3n) is 3.69. The van der Waals surface area contributed by atoms with Crippen LogP contribution in [0.2, 0.25) is 5.02 Å². The van der Waals surface area contributed by atoms with Gasteiger partial charge in [0.2, 0.25) is 11.8 Å². The van der Waals surface area contributed by atoms with Crippen LogP contribution in [0.25, 0.3) is 0 Å². The number of halogens is 1. The van der Waals surface area contributed by atoms with Gasteiger partial charge in [-0.1, -0.05) is 35.4 Å². The van der Waals surface area contributed by atoms with Gasteiger partial charge in [-0.15, -0.1) is 11.8 Å². The van der Waals surface area contributed by atoms with Crippen molar-refractivity contribution in [2.45, 2.75) is 26.0 Å². The summed E-state index contributed by atoms with van der Waals surface area (Å²) in [6.45, 7) is 5.62. The van der Waals surface area contributed by atoms with Crippen LogP contribution in [0.15, 0.2) is 42.5 Å². The van der Waals surface area contributed by atoms with Gasteiger partial charge in [-0.25, -0.2) is 0 Å². The molecule has 0 saturated carbocycles. The van der Waals surface area contributed by atoms with E-state index in [0.717, 1.165) is 16.8 Å². The van der Waals surface area contributed by atoms with E-state index in [1.54, 1.807) is 25.1 Å². The Hall–Kier alpha value is -1.98. The molecule has 0 bridgehead atoms. The number of carbonyl (C=O) groups excluding carboxylic acids is 2. The number of hydrogen-bond acceptors (Lipinski definition) is 3. The normalized spacial score (nSPS) is 11.7. The van der Waals surface area contributed by atoms with Crippen molar-refractivity contribution in [2.75, 3.05) is 16.4 Å². The number of nitrogens with one attached hydrogen (secondary N) is 2. The lowest BCUT2D eigenvalue weighted by atomic mass is 10.2. The highest BCUT2D eigenvalue weighted by Crippen LogP contribution is 2.24. The number of carbonyl (C=O) groups is 2. The standard InChI is InChI=1S/C19H21ClN2O2S/c1-12-7-9-15(10-8-12)21-18(23)11-25-14(3)19(24)22-17-6-4-5-16(20)13(17)2/h4-10,14H,11H2,1-3H3,(H,21,23)(H,22,24). The van der Waals surface area contributed by atoms with Crippen LogP contribution in [0.1, 0.15) is 18.1 Å². The van der Waals surface area contributed by atoms with E-state index in [0.29, 0.717) is 10.7 Å². The summed E-state index contributed by atoms with van der Waals surface area (Å²) in [5, 5.41) is 5.92. The Morgan fingerprint density at radius 1 is 1.08 bits per heavy atom. The molecule has 0 heterocycles. The maximum Gasteiger partial charge on any atom is 0.237 e. The van der Waals surface area contributed by atoms with Gasteiger partial charge in [-0.2, -0.15) is 0 Å². The van der Waals surface area contributed by atoms with Gasteiger partial charge in [0.05, 0.1) is 11.0 Å². The number of anilines is 2. The van der Waals surface area contributed by atoms with Crippen molar-refractivity contribution < 1.29 is 9.59 Å². The minimum Gasteiger partial charge on any atom is -0.325 e. The Kier molecular flexibility index (Phi) is 6.91. The zero-order valence-corrected chi connectivity index (χ0v) is 16.0. The molecule has 2 amide bonds. The third-order valence-corrected chi connectivity index (χ3v) is 5.25. The van der Waals surface area contributed by atoms with Crippen molar-refractivity contribution in [1.29, 1.82) is 0 Å². The van der Waals surface area contributed by atoms with Crippen LogP contribution >= 0.6 is 23.4 Å². The van der Waals surface area contributed by atoms with E-state index in [1.165, 1.54) is 11.8 Å². The van der Waals surface area contributed by atoms with E-state index in [2.05, 4.69) is 10.6 Å². The molecular weight excluding hydrogens is 356 g/mol. The van der Waals surface area contributed by atoms with Crippen molar-refractivity contribution in [3.8, 4) is 0 Å². The summed E-state index contributed by atoms with van der Waals surface area (Å²) in [5.41, 5.74) is 3.40. The molecule has 2 aromatic carbocycles. The fourth-order valence-electron chi connectivity index (χ4n) is 2.09. The van der Waals surface area contributed by atoms with Gasteiger partial charge >= 0.3 is 0 Å². The summed E-state index contributed by atoms with van der Waals surface area (Å²) in [6.07, 6.45) is 0. The summed E-state index contributed by atoms with van der Waals surface area (Å²) in [7, 11) is 0. The molecule has 0 fully saturated rings. The monoisotopic (exact) mass is 376 g/mol. The number of aryl methyl sites for hydroxylation is 1. The van der Waals surface area contributed by atoms with Crippen LogP contribution in [0.3, 0.4) is 0 Å². The Morgan fingerprint density at radius 2 is 1.76 bits per heavy atom. The summed E-state index contributed by atoms with van der Waals surface area (Å²) in [6, 6.07) is 13.0. The van der Waals surface area contributed by atoms with Crippen molar-refractivity contribution in [3.05, 3.63) is 58.6 Å². The fourth-order valence-corrected chi connectivity index (χ4v) is 2.95. The number of thioether (sulfide) groups is 1. The van der Waals surface area contributed by atoms with E-state index in [4.69, 9.17) is 11.6 Å². The van der Waals surface area contributed by atoms with Crippen molar-refractivity contribution in [3.63, 3.8) is 0 Å². The maximum absolute atomic E-state index is 12.3. The summed E-state index contributed by atoms with van der Waals surface area (Å²) < 4.78 is 0. The van der Waals surface area contributed by atoms with Gasteiger partial charge in [0.25, 0.3) is 0 Å². The molecule has 25 heavy (non-hydrogen) atoms. The Labute approximate surface area is 157 Å². The second-order valence-corrected chi connectivity index (χ2v) is 7.51. The minimum atomic E-state index is -0.359. The third kappa shape index (κ3) is 5.80. The van der Waals surface area contributed by atoms with E-state index < -0.39 is 0 Å². The second kappa shape index (κ2) is 8.92. The highest BCUT2D eigenvalue weighted by molar-refractivity contribution is 8.01. The molecule has 4 nitrogen and oxygen atoms in total. The Morgan fingerprint density at radius 3 is 2.44 bits per heavy atom. The number of amides is 2. The van der Waals surface area contributed by atoms with E-state index in [9.17, 15) is 9.59 Å². The summed E-state index contributed by atoms with van der Waals surface area (Å²) >= 11 is 7.34. The Bertz CT molecular complexity index is 763. The van der Waals surface area contributed by atoms with Crippen LogP contribution in [-0.4, -0.2) is 22.8 Å². The molecule has 0 saturated heterocycles. The highest BCUT2D eigenvalue weighted by atomic mass is 35.5. The maximum atomic E-state index is 12.3. The van der Waals surface area contributed by atoms with E-state index in [-0.39, 0.29) is 22.8 Å². The van der Waals surface area contributed by atoms with Crippen LogP contribution in [0.5, 0.6) is 0 Å². The SMILES string of the molecule is Cc1ccc(NC(=O)CSC(C)C(=O)Nc2cccc(Cl)c2C)cc1. The molecular formula is C19H21ClN2O2S. The molecule has 2 N–H and O–H groups in total. The van der Waals surface area contributed by atoms with E-state index >= 15 is 0 Å². The van der Waals surface area contributed by atoms with Crippen LogP contribution in [0, 0.1) is 13.8 Å². The summed E-state index contributed by atoms with van der Waals surface area (Å²) in [4.78, 5) is 24.3. The lowest BCUT2D eigenvalue weighted by molar-refractivity contribution is -0.115. The van der Waals surface area contributed by atoms with Crippen molar-refractivity contribution in [2.24, 2.45) is 0 Å². The molecule has 2 rings (SSSR count). The predicted octanol–water partition coefficient (Wildman–Crippen LogP) is 4.66. The average Bonchev–Trinajstić information content (AvgIpc) is 2.58. The van der Waals surface area contributed by atoms with Crippen molar-refractivity contribution >= 4 is 46.6 Å². The topological polar surface area (TPSA) is 58.2 Å². The van der Waals surface area contributed by atoms with E-state index in [1.807, 2.05) is 38.1 Å². The molecule has 132 valence electrons. The molecule has 0 aliphatic rings. The van der Waals surface area contributed by atoms with Gasteiger partial charge in [-0.3, -0.25) is 9.59 Å². The number of benzene rings is 2. The molecule has 1 atom stereocenters. The molecule has 0 aromatic heterocycles. The number of rotatable bonds is 6. The first kappa shape index (κ1) is 19.3. The van der Waals surface area contributed by atoms with Crippen LogP contribution in [0.4, 0.5) is 11.4 Å². The zero-order chi connectivity index (χ0) is 18.4. The van der Waals surface area contributed by atoms with Crippen molar-refractivity contribution in [1.82, 2.24) is 0 Å². The van der Waals surface area contributed by atoms with Gasteiger partial charge in [0.1, 0.15) is 0 Å². The number of hydrogen-bond donors (Lipinski definition) is 2. The smallest absolute Gasteiger partial charge is 0.237 e. The molecule has 0 aliphatic heterocycles. The molecule has 0 radical (unpaired) electrons. The van der Waals surface area contributed by atoms with Gasteiger partial charge in [0, 0.05) is 16.4 Å². The minimum absolute atomic E-state index is 0.132. The van der Waals surface area contributed by atoms with Crippen LogP contribution in [-0.2, 0) is 9.59 Å². The van der Waals surface area contributed by atoms with Gasteiger partial charge in [-0.05, 0) is 50.6 Å². The quantitative estimate of drug-likeness (QED) is 0.771. The second-order valence-electron chi connectivity index (χ2n) is 5.77. The zero-order valence-electron chi connectivity index (χ0n) is 14.4. The van der Waals surface area contributed by atoms with Crippen LogP contribution < -0.4 is 10.6 Å². The molecule has 6 heteroatoms. The molecule has 0 aliphatic carbocycles. The summed E-state index contributed by atoms with van der Waals surface area (Å²) in [5.74, 6) is -0.0808. The first-order chi connectivity index (χ1) is 11.9. The predicted molar refractivity (Wildman–Crippen MR) is 107 cm³/mol. The first-order valence-electron chi connectivity index (χ1n) is 7.91. The largest absolute Gasteiger partial charge is 0.325 e. The Balaban J connectivity index is 1.83. The van der Waals surface area contributed by atoms with Gasteiger partial charge < -0.3 is 10.6 Å². The molecule has 2 aromatic rings. The fraction of sp³-hybridized carbons (Fsp3) is 0.263. The molecule has 1 unspecified atom stereocenters. The average molecular weight is 377 g/mol. The van der Waals surface area contributed by atoms with Gasteiger partial charge in [0.15, 0.2) is 0 Å². The highest BCUT2D eigenvalue weighted by Gasteiger charge is 2.16.